The van der Waals surface area contributed by atoms with Crippen LogP contribution in [0.15, 0.2) is 45.1 Å². The van der Waals surface area contributed by atoms with Crippen molar-refractivity contribution in [2.24, 2.45) is 5.73 Å². The minimum atomic E-state index is -3.49. The molecule has 0 aliphatic rings. The van der Waals surface area contributed by atoms with E-state index in [1.807, 2.05) is 19.1 Å². The number of benzene rings is 1. The predicted octanol–water partition coefficient (Wildman–Crippen LogP) is 3.01. The van der Waals surface area contributed by atoms with E-state index >= 15 is 0 Å². The minimum absolute atomic E-state index is 0.108. The van der Waals surface area contributed by atoms with Crippen molar-refractivity contribution in [2.45, 2.75) is 24.4 Å². The van der Waals surface area contributed by atoms with Crippen molar-refractivity contribution in [1.82, 2.24) is 4.72 Å². The van der Waals surface area contributed by atoms with Gasteiger partial charge < -0.3 is 5.73 Å². The summed E-state index contributed by atoms with van der Waals surface area (Å²) in [5, 5.41) is 0. The molecule has 0 radical (unpaired) electrons. The zero-order valence-corrected chi connectivity index (χ0v) is 14.1. The standard InChI is InChI=1S/C13H15BrN2O2S2/c1-9(15)10-2-5-12(6-3-10)20(17,18)16-8-11-4-7-13(14)19-11/h2-7,9,16H,8,15H2,1H3. The van der Waals surface area contributed by atoms with Gasteiger partial charge in [-0.1, -0.05) is 12.1 Å². The molecule has 2 rings (SSSR count). The summed E-state index contributed by atoms with van der Waals surface area (Å²) < 4.78 is 27.9. The smallest absolute Gasteiger partial charge is 0.240 e. The minimum Gasteiger partial charge on any atom is -0.324 e. The van der Waals surface area contributed by atoms with Gasteiger partial charge in [0.05, 0.1) is 8.68 Å². The summed E-state index contributed by atoms with van der Waals surface area (Å²) in [5.74, 6) is 0. The Morgan fingerprint density at radius 3 is 2.40 bits per heavy atom. The predicted molar refractivity (Wildman–Crippen MR) is 85.1 cm³/mol. The number of halogens is 1. The molecule has 20 heavy (non-hydrogen) atoms. The second-order valence-corrected chi connectivity index (χ2v) is 8.70. The Balaban J connectivity index is 2.09. The third-order valence-corrected chi connectivity index (χ3v) is 5.82. The maximum atomic E-state index is 12.1. The van der Waals surface area contributed by atoms with Crippen molar-refractivity contribution in [2.75, 3.05) is 0 Å². The van der Waals surface area contributed by atoms with Crippen molar-refractivity contribution >= 4 is 37.3 Å². The Hall–Kier alpha value is -0.730. The molecule has 1 aromatic carbocycles. The zero-order valence-electron chi connectivity index (χ0n) is 10.8. The molecule has 1 aromatic heterocycles. The lowest BCUT2D eigenvalue weighted by Gasteiger charge is -2.08. The van der Waals surface area contributed by atoms with Crippen LogP contribution in [0.25, 0.3) is 0 Å². The first kappa shape index (κ1) is 15.7. The van der Waals surface area contributed by atoms with Crippen LogP contribution in [0.3, 0.4) is 0 Å². The second kappa shape index (κ2) is 6.36. The van der Waals surface area contributed by atoms with Gasteiger partial charge in [0.2, 0.25) is 10.0 Å². The van der Waals surface area contributed by atoms with Gasteiger partial charge in [0.1, 0.15) is 0 Å². The first-order valence-electron chi connectivity index (χ1n) is 5.98. The first-order valence-corrected chi connectivity index (χ1v) is 9.07. The van der Waals surface area contributed by atoms with Crippen molar-refractivity contribution in [3.63, 3.8) is 0 Å². The molecule has 7 heteroatoms. The molecule has 0 aliphatic heterocycles. The van der Waals surface area contributed by atoms with Crippen LogP contribution in [0.4, 0.5) is 0 Å². The maximum Gasteiger partial charge on any atom is 0.240 e. The zero-order chi connectivity index (χ0) is 14.8. The monoisotopic (exact) mass is 374 g/mol. The normalized spacial score (nSPS) is 13.3. The van der Waals surface area contributed by atoms with E-state index in [4.69, 9.17) is 5.73 Å². The van der Waals surface area contributed by atoms with Crippen LogP contribution >= 0.6 is 27.3 Å². The summed E-state index contributed by atoms with van der Waals surface area (Å²) in [4.78, 5) is 1.20. The van der Waals surface area contributed by atoms with E-state index in [0.717, 1.165) is 14.2 Å². The molecular weight excluding hydrogens is 360 g/mol. The SMILES string of the molecule is CC(N)c1ccc(S(=O)(=O)NCc2ccc(Br)s2)cc1. The van der Waals surface area contributed by atoms with Crippen LogP contribution in [0.1, 0.15) is 23.4 Å². The van der Waals surface area contributed by atoms with Crippen LogP contribution < -0.4 is 10.5 Å². The van der Waals surface area contributed by atoms with E-state index < -0.39 is 10.0 Å². The highest BCUT2D eigenvalue weighted by atomic mass is 79.9. The van der Waals surface area contributed by atoms with E-state index in [0.29, 0.717) is 0 Å². The lowest BCUT2D eigenvalue weighted by Crippen LogP contribution is -2.22. The molecule has 3 N–H and O–H groups in total. The Labute approximate surface area is 131 Å². The molecule has 0 saturated carbocycles. The van der Waals surface area contributed by atoms with E-state index in [1.54, 1.807) is 24.3 Å². The maximum absolute atomic E-state index is 12.1. The fourth-order valence-corrected chi connectivity index (χ4v) is 4.17. The van der Waals surface area contributed by atoms with Crippen LogP contribution in [0.5, 0.6) is 0 Å². The highest BCUT2D eigenvalue weighted by Crippen LogP contribution is 2.22. The van der Waals surface area contributed by atoms with Gasteiger partial charge in [-0.3, -0.25) is 0 Å². The topological polar surface area (TPSA) is 72.2 Å². The van der Waals surface area contributed by atoms with Gasteiger partial charge in [-0.25, -0.2) is 13.1 Å². The van der Waals surface area contributed by atoms with Gasteiger partial charge >= 0.3 is 0 Å². The number of hydrogen-bond acceptors (Lipinski definition) is 4. The molecular formula is C13H15BrN2O2S2. The molecule has 0 aliphatic carbocycles. The van der Waals surface area contributed by atoms with E-state index in [2.05, 4.69) is 20.7 Å². The van der Waals surface area contributed by atoms with Crippen molar-refractivity contribution in [3.05, 3.63) is 50.6 Å². The quantitative estimate of drug-likeness (QED) is 0.844. The van der Waals surface area contributed by atoms with Crippen LogP contribution in [0, 0.1) is 0 Å². The number of sulfonamides is 1. The number of thiophene rings is 1. The first-order chi connectivity index (χ1) is 9.38. The third kappa shape index (κ3) is 3.89. The largest absolute Gasteiger partial charge is 0.324 e. The summed E-state index contributed by atoms with van der Waals surface area (Å²) in [6, 6.07) is 10.3. The summed E-state index contributed by atoms with van der Waals surface area (Å²) in [7, 11) is -3.49. The summed E-state index contributed by atoms with van der Waals surface area (Å²) in [5.41, 5.74) is 6.65. The molecule has 4 nitrogen and oxygen atoms in total. The van der Waals surface area contributed by atoms with Gasteiger partial charge in [0.25, 0.3) is 0 Å². The molecule has 108 valence electrons. The Kier molecular flexibility index (Phi) is 4.98. The molecule has 2 aromatic rings. The number of nitrogens with one attached hydrogen (secondary N) is 1. The lowest BCUT2D eigenvalue weighted by molar-refractivity contribution is 0.581. The molecule has 1 heterocycles. The molecule has 1 atom stereocenters. The molecule has 0 amide bonds. The molecule has 0 saturated heterocycles. The number of rotatable bonds is 5. The highest BCUT2D eigenvalue weighted by Gasteiger charge is 2.14. The van der Waals surface area contributed by atoms with Gasteiger partial charge in [-0.15, -0.1) is 11.3 Å². The van der Waals surface area contributed by atoms with Gasteiger partial charge in [-0.2, -0.15) is 0 Å². The average molecular weight is 375 g/mol. The highest BCUT2D eigenvalue weighted by molar-refractivity contribution is 9.11. The van der Waals surface area contributed by atoms with Crippen LogP contribution in [0.2, 0.25) is 0 Å². The Morgan fingerprint density at radius 1 is 1.25 bits per heavy atom. The van der Waals surface area contributed by atoms with E-state index in [1.165, 1.54) is 11.3 Å². The third-order valence-electron chi connectivity index (χ3n) is 2.78. The van der Waals surface area contributed by atoms with Crippen molar-refractivity contribution in [1.29, 1.82) is 0 Å². The number of hydrogen-bond donors (Lipinski definition) is 2. The Bertz CT molecular complexity index is 679. The number of nitrogens with two attached hydrogens (primary N) is 1. The molecule has 0 fully saturated rings. The summed E-state index contributed by atoms with van der Waals surface area (Å²) >= 11 is 4.85. The summed E-state index contributed by atoms with van der Waals surface area (Å²) in [6.07, 6.45) is 0. The van der Waals surface area contributed by atoms with E-state index in [9.17, 15) is 8.42 Å². The molecule has 0 spiro atoms. The fraction of sp³-hybridized carbons (Fsp3) is 0.231. The van der Waals surface area contributed by atoms with Gasteiger partial charge in [0, 0.05) is 17.5 Å². The fourth-order valence-electron chi connectivity index (χ4n) is 1.65. The average Bonchev–Trinajstić information content (AvgIpc) is 2.82. The van der Waals surface area contributed by atoms with Crippen molar-refractivity contribution in [3.8, 4) is 0 Å². The molecule has 1 unspecified atom stereocenters. The van der Waals surface area contributed by atoms with E-state index in [-0.39, 0.29) is 17.5 Å². The van der Waals surface area contributed by atoms with Gasteiger partial charge in [-0.05, 0) is 52.7 Å². The molecule has 0 bridgehead atoms. The summed E-state index contributed by atoms with van der Waals surface area (Å²) in [6.45, 7) is 2.14. The van der Waals surface area contributed by atoms with Crippen molar-refractivity contribution < 1.29 is 8.42 Å². The second-order valence-electron chi connectivity index (χ2n) is 4.39. The van der Waals surface area contributed by atoms with Crippen LogP contribution in [-0.4, -0.2) is 8.42 Å². The van der Waals surface area contributed by atoms with Crippen LogP contribution in [-0.2, 0) is 16.6 Å². The Morgan fingerprint density at radius 2 is 1.90 bits per heavy atom. The lowest BCUT2D eigenvalue weighted by atomic mass is 10.1. The van der Waals surface area contributed by atoms with Gasteiger partial charge in [0.15, 0.2) is 0 Å².